The molecule has 0 aliphatic heterocycles. The number of anilines is 1. The number of hydrogen-bond acceptors (Lipinski definition) is 2. The van der Waals surface area contributed by atoms with Crippen LogP contribution in [0.5, 0.6) is 0 Å². The summed E-state index contributed by atoms with van der Waals surface area (Å²) >= 11 is 0. The molecule has 104 valence electrons. The zero-order chi connectivity index (χ0) is 14.7. The SMILES string of the molecule is Cc1ccc(C(Nc2ccc(F)cc2)C(=O)O)c(C)c1. The molecule has 20 heavy (non-hydrogen) atoms. The number of aliphatic carboxylic acids is 1. The van der Waals surface area contributed by atoms with Crippen molar-refractivity contribution in [3.8, 4) is 0 Å². The van der Waals surface area contributed by atoms with Crippen LogP contribution in [0.3, 0.4) is 0 Å². The van der Waals surface area contributed by atoms with E-state index in [1.165, 1.54) is 24.3 Å². The van der Waals surface area contributed by atoms with Gasteiger partial charge < -0.3 is 10.4 Å². The molecule has 0 aliphatic carbocycles. The summed E-state index contributed by atoms with van der Waals surface area (Å²) in [4.78, 5) is 11.5. The molecule has 1 atom stereocenters. The lowest BCUT2D eigenvalue weighted by atomic mass is 9.99. The van der Waals surface area contributed by atoms with E-state index in [1.807, 2.05) is 26.0 Å². The van der Waals surface area contributed by atoms with Crippen molar-refractivity contribution in [2.24, 2.45) is 0 Å². The fourth-order valence-corrected chi connectivity index (χ4v) is 2.13. The maximum Gasteiger partial charge on any atom is 0.330 e. The molecular formula is C16H16FNO2. The summed E-state index contributed by atoms with van der Waals surface area (Å²) in [5.74, 6) is -1.32. The Morgan fingerprint density at radius 1 is 1.15 bits per heavy atom. The Labute approximate surface area is 117 Å². The van der Waals surface area contributed by atoms with Gasteiger partial charge in [0.2, 0.25) is 0 Å². The molecule has 0 aromatic heterocycles. The number of carboxylic acid groups (broad SMARTS) is 1. The quantitative estimate of drug-likeness (QED) is 0.893. The molecule has 0 saturated heterocycles. The monoisotopic (exact) mass is 273 g/mol. The summed E-state index contributed by atoms with van der Waals surface area (Å²) in [5.41, 5.74) is 3.26. The van der Waals surface area contributed by atoms with Crippen LogP contribution in [0.1, 0.15) is 22.7 Å². The third-order valence-electron chi connectivity index (χ3n) is 3.14. The molecule has 4 heteroatoms. The summed E-state index contributed by atoms with van der Waals surface area (Å²) in [6.45, 7) is 3.84. The number of carboxylic acids is 1. The maximum absolute atomic E-state index is 12.9. The minimum Gasteiger partial charge on any atom is -0.479 e. The van der Waals surface area contributed by atoms with Crippen LogP contribution in [-0.4, -0.2) is 11.1 Å². The zero-order valence-electron chi connectivity index (χ0n) is 11.4. The average Bonchev–Trinajstić information content (AvgIpc) is 2.39. The molecule has 0 aliphatic rings. The van der Waals surface area contributed by atoms with Crippen molar-refractivity contribution < 1.29 is 14.3 Å². The van der Waals surface area contributed by atoms with Gasteiger partial charge in [0.15, 0.2) is 6.04 Å². The normalized spacial score (nSPS) is 11.9. The van der Waals surface area contributed by atoms with Crippen molar-refractivity contribution in [1.82, 2.24) is 0 Å². The molecule has 0 spiro atoms. The van der Waals surface area contributed by atoms with E-state index in [-0.39, 0.29) is 5.82 Å². The predicted molar refractivity (Wildman–Crippen MR) is 76.3 cm³/mol. The average molecular weight is 273 g/mol. The smallest absolute Gasteiger partial charge is 0.330 e. The van der Waals surface area contributed by atoms with Crippen LogP contribution in [0.2, 0.25) is 0 Å². The summed E-state index contributed by atoms with van der Waals surface area (Å²) in [7, 11) is 0. The number of carbonyl (C=O) groups is 1. The lowest BCUT2D eigenvalue weighted by Gasteiger charge is -2.18. The van der Waals surface area contributed by atoms with Crippen molar-refractivity contribution in [3.05, 3.63) is 65.0 Å². The van der Waals surface area contributed by atoms with Gasteiger partial charge in [-0.2, -0.15) is 0 Å². The Morgan fingerprint density at radius 3 is 2.35 bits per heavy atom. The third kappa shape index (κ3) is 3.15. The highest BCUT2D eigenvalue weighted by Crippen LogP contribution is 2.24. The first-order valence-corrected chi connectivity index (χ1v) is 6.29. The summed E-state index contributed by atoms with van der Waals surface area (Å²) < 4.78 is 12.9. The molecule has 2 N–H and O–H groups in total. The predicted octanol–water partition coefficient (Wildman–Crippen LogP) is 3.68. The van der Waals surface area contributed by atoms with Gasteiger partial charge in [-0.3, -0.25) is 0 Å². The summed E-state index contributed by atoms with van der Waals surface area (Å²) in [6.07, 6.45) is 0. The number of nitrogens with one attached hydrogen (secondary N) is 1. The topological polar surface area (TPSA) is 49.3 Å². The van der Waals surface area contributed by atoms with E-state index in [4.69, 9.17) is 0 Å². The first kappa shape index (κ1) is 14.1. The van der Waals surface area contributed by atoms with Crippen molar-refractivity contribution in [2.75, 3.05) is 5.32 Å². The minimum absolute atomic E-state index is 0.353. The van der Waals surface area contributed by atoms with Crippen LogP contribution in [0.15, 0.2) is 42.5 Å². The second kappa shape index (κ2) is 5.74. The fourth-order valence-electron chi connectivity index (χ4n) is 2.13. The molecule has 3 nitrogen and oxygen atoms in total. The Balaban J connectivity index is 2.31. The van der Waals surface area contributed by atoms with Crippen LogP contribution < -0.4 is 5.32 Å². The molecule has 0 fully saturated rings. The van der Waals surface area contributed by atoms with Crippen molar-refractivity contribution >= 4 is 11.7 Å². The summed E-state index contributed by atoms with van der Waals surface area (Å²) in [5, 5.41) is 12.3. The molecule has 2 rings (SSSR count). The van der Waals surface area contributed by atoms with Gasteiger partial charge in [0.25, 0.3) is 0 Å². The Morgan fingerprint density at radius 2 is 1.80 bits per heavy atom. The zero-order valence-corrected chi connectivity index (χ0v) is 11.4. The maximum atomic E-state index is 12.9. The van der Waals surface area contributed by atoms with E-state index in [2.05, 4.69) is 5.32 Å². The van der Waals surface area contributed by atoms with E-state index >= 15 is 0 Å². The van der Waals surface area contributed by atoms with E-state index in [0.717, 1.165) is 11.1 Å². The second-order valence-electron chi connectivity index (χ2n) is 4.78. The minimum atomic E-state index is -0.971. The molecule has 0 amide bonds. The molecule has 0 radical (unpaired) electrons. The van der Waals surface area contributed by atoms with Crippen LogP contribution in [0, 0.1) is 19.7 Å². The largest absolute Gasteiger partial charge is 0.479 e. The van der Waals surface area contributed by atoms with Crippen LogP contribution in [0.25, 0.3) is 0 Å². The van der Waals surface area contributed by atoms with E-state index in [9.17, 15) is 14.3 Å². The van der Waals surface area contributed by atoms with E-state index in [0.29, 0.717) is 11.3 Å². The van der Waals surface area contributed by atoms with Gasteiger partial charge in [0.05, 0.1) is 0 Å². The molecular weight excluding hydrogens is 257 g/mol. The van der Waals surface area contributed by atoms with Gasteiger partial charge in [0, 0.05) is 5.69 Å². The van der Waals surface area contributed by atoms with Crippen LogP contribution >= 0.6 is 0 Å². The van der Waals surface area contributed by atoms with Crippen molar-refractivity contribution in [3.63, 3.8) is 0 Å². The lowest BCUT2D eigenvalue weighted by molar-refractivity contribution is -0.138. The van der Waals surface area contributed by atoms with Crippen molar-refractivity contribution in [2.45, 2.75) is 19.9 Å². The van der Waals surface area contributed by atoms with Crippen LogP contribution in [-0.2, 0) is 4.79 Å². The Bertz CT molecular complexity index is 623. The highest BCUT2D eigenvalue weighted by atomic mass is 19.1. The molecule has 0 heterocycles. The molecule has 0 bridgehead atoms. The van der Waals surface area contributed by atoms with Gasteiger partial charge in [-0.25, -0.2) is 9.18 Å². The highest BCUT2D eigenvalue weighted by molar-refractivity contribution is 5.79. The van der Waals surface area contributed by atoms with E-state index < -0.39 is 12.0 Å². The Kier molecular flexibility index (Phi) is 4.03. The molecule has 0 saturated carbocycles. The van der Waals surface area contributed by atoms with Crippen LogP contribution in [0.4, 0.5) is 10.1 Å². The lowest BCUT2D eigenvalue weighted by Crippen LogP contribution is -2.21. The van der Waals surface area contributed by atoms with Gasteiger partial charge in [-0.05, 0) is 49.2 Å². The fraction of sp³-hybridized carbons (Fsp3) is 0.188. The molecule has 1 unspecified atom stereocenters. The Hall–Kier alpha value is -2.36. The van der Waals surface area contributed by atoms with Gasteiger partial charge >= 0.3 is 5.97 Å². The third-order valence-corrected chi connectivity index (χ3v) is 3.14. The number of aryl methyl sites for hydroxylation is 2. The standard InChI is InChI=1S/C16H16FNO2/c1-10-3-8-14(11(2)9-10)15(16(19)20)18-13-6-4-12(17)5-7-13/h3-9,15,18H,1-2H3,(H,19,20). The van der Waals surface area contributed by atoms with Gasteiger partial charge in [0.1, 0.15) is 5.82 Å². The van der Waals surface area contributed by atoms with Gasteiger partial charge in [-0.1, -0.05) is 23.8 Å². The second-order valence-corrected chi connectivity index (χ2v) is 4.78. The number of rotatable bonds is 4. The number of halogens is 1. The number of benzene rings is 2. The summed E-state index contributed by atoms with van der Waals surface area (Å²) in [6, 6.07) is 10.4. The van der Waals surface area contributed by atoms with Crippen molar-refractivity contribution in [1.29, 1.82) is 0 Å². The highest BCUT2D eigenvalue weighted by Gasteiger charge is 2.21. The van der Waals surface area contributed by atoms with Gasteiger partial charge in [-0.15, -0.1) is 0 Å². The molecule has 2 aromatic rings. The van der Waals surface area contributed by atoms with E-state index in [1.54, 1.807) is 6.07 Å². The first-order chi connectivity index (χ1) is 9.47. The first-order valence-electron chi connectivity index (χ1n) is 6.29. The molecule has 2 aromatic carbocycles. The number of hydrogen-bond donors (Lipinski definition) is 2.